The third-order valence-corrected chi connectivity index (χ3v) is 3.64. The fraction of sp³-hybridized carbons (Fsp3) is 0.333. The maximum Gasteiger partial charge on any atom is 0.244 e. The Hall–Kier alpha value is -1.92. The molecule has 0 saturated heterocycles. The van der Waals surface area contributed by atoms with Crippen LogP contribution in [0.2, 0.25) is 10.0 Å². The Kier molecular flexibility index (Phi) is 6.12. The molecule has 122 valence electrons. The van der Waals surface area contributed by atoms with Crippen molar-refractivity contribution in [2.75, 3.05) is 6.54 Å². The van der Waals surface area contributed by atoms with Crippen molar-refractivity contribution in [3.63, 3.8) is 0 Å². The molecule has 8 heteroatoms. The number of carbonyl (C=O) groups is 1. The first kappa shape index (κ1) is 17.4. The van der Waals surface area contributed by atoms with Crippen molar-refractivity contribution in [3.05, 3.63) is 45.7 Å². The molecule has 0 aliphatic rings. The normalized spacial score (nSPS) is 11.3. The van der Waals surface area contributed by atoms with E-state index in [1.165, 1.54) is 6.08 Å². The van der Waals surface area contributed by atoms with E-state index in [4.69, 9.17) is 23.2 Å². The number of aromatic nitrogens is 4. The van der Waals surface area contributed by atoms with Crippen molar-refractivity contribution in [1.82, 2.24) is 25.5 Å². The van der Waals surface area contributed by atoms with E-state index in [1.807, 2.05) is 13.8 Å². The monoisotopic (exact) mass is 353 g/mol. The highest BCUT2D eigenvalue weighted by molar-refractivity contribution is 6.35. The highest BCUT2D eigenvalue weighted by Gasteiger charge is 2.08. The molecular weight excluding hydrogens is 337 g/mol. The summed E-state index contributed by atoms with van der Waals surface area (Å²) < 4.78 is 1.73. The highest BCUT2D eigenvalue weighted by Crippen LogP contribution is 2.21. The van der Waals surface area contributed by atoms with Crippen LogP contribution in [0.25, 0.3) is 6.08 Å². The molecule has 1 aromatic heterocycles. The van der Waals surface area contributed by atoms with Gasteiger partial charge in [0.1, 0.15) is 0 Å². The van der Waals surface area contributed by atoms with Crippen LogP contribution in [0.5, 0.6) is 0 Å². The molecule has 0 radical (unpaired) electrons. The lowest BCUT2D eigenvalue weighted by molar-refractivity contribution is -0.116. The maximum absolute atomic E-state index is 11.8. The van der Waals surface area contributed by atoms with Crippen molar-refractivity contribution >= 4 is 35.2 Å². The summed E-state index contributed by atoms with van der Waals surface area (Å²) in [7, 11) is 0. The van der Waals surface area contributed by atoms with Crippen LogP contribution >= 0.6 is 23.2 Å². The first-order valence-electron chi connectivity index (χ1n) is 7.15. The van der Waals surface area contributed by atoms with Crippen molar-refractivity contribution in [3.8, 4) is 0 Å². The molecule has 0 saturated carbocycles. The Morgan fingerprint density at radius 2 is 2.17 bits per heavy atom. The molecule has 2 rings (SSSR count). The van der Waals surface area contributed by atoms with Gasteiger partial charge in [-0.25, -0.2) is 4.68 Å². The molecule has 1 N–H and O–H groups in total. The van der Waals surface area contributed by atoms with Gasteiger partial charge in [0.2, 0.25) is 5.91 Å². The SMILES string of the molecule is CC(C)n1nnnc1CCNC(=O)/C=C/c1ccc(Cl)cc1Cl. The van der Waals surface area contributed by atoms with Crippen LogP contribution in [0.1, 0.15) is 31.3 Å². The molecule has 6 nitrogen and oxygen atoms in total. The number of nitrogens with one attached hydrogen (secondary N) is 1. The van der Waals surface area contributed by atoms with E-state index >= 15 is 0 Å². The minimum Gasteiger partial charge on any atom is -0.352 e. The molecule has 1 aromatic carbocycles. The van der Waals surface area contributed by atoms with Gasteiger partial charge >= 0.3 is 0 Å². The second kappa shape index (κ2) is 8.08. The van der Waals surface area contributed by atoms with E-state index in [2.05, 4.69) is 20.8 Å². The largest absolute Gasteiger partial charge is 0.352 e. The van der Waals surface area contributed by atoms with Crippen LogP contribution < -0.4 is 5.32 Å². The van der Waals surface area contributed by atoms with Crippen LogP contribution in [-0.4, -0.2) is 32.7 Å². The quantitative estimate of drug-likeness (QED) is 0.810. The predicted molar refractivity (Wildman–Crippen MR) is 90.4 cm³/mol. The fourth-order valence-corrected chi connectivity index (χ4v) is 2.41. The summed E-state index contributed by atoms with van der Waals surface area (Å²) >= 11 is 11.9. The van der Waals surface area contributed by atoms with Gasteiger partial charge in [0, 0.05) is 29.1 Å². The molecule has 1 heterocycles. The summed E-state index contributed by atoms with van der Waals surface area (Å²) in [5.74, 6) is 0.532. The molecular formula is C15H17Cl2N5O. The lowest BCUT2D eigenvalue weighted by Gasteiger charge is -2.07. The minimum atomic E-state index is -0.209. The average Bonchev–Trinajstić information content (AvgIpc) is 2.95. The number of hydrogen-bond donors (Lipinski definition) is 1. The first-order chi connectivity index (χ1) is 11.0. The molecule has 0 unspecified atom stereocenters. The summed E-state index contributed by atoms with van der Waals surface area (Å²) in [5.41, 5.74) is 0.731. The van der Waals surface area contributed by atoms with Gasteiger partial charge in [-0.1, -0.05) is 29.3 Å². The van der Waals surface area contributed by atoms with Crippen LogP contribution in [0.3, 0.4) is 0 Å². The Bertz CT molecular complexity index is 712. The van der Waals surface area contributed by atoms with E-state index in [9.17, 15) is 4.79 Å². The number of halogens is 2. The first-order valence-corrected chi connectivity index (χ1v) is 7.90. The molecule has 0 atom stereocenters. The van der Waals surface area contributed by atoms with Gasteiger partial charge in [-0.05, 0) is 48.0 Å². The smallest absolute Gasteiger partial charge is 0.244 e. The van der Waals surface area contributed by atoms with Crippen LogP contribution in [0.15, 0.2) is 24.3 Å². The third kappa shape index (κ3) is 5.04. The zero-order valence-corrected chi connectivity index (χ0v) is 14.3. The van der Waals surface area contributed by atoms with Gasteiger partial charge in [0.05, 0.1) is 6.04 Å². The number of tetrazole rings is 1. The summed E-state index contributed by atoms with van der Waals surface area (Å²) in [5, 5.41) is 15.3. The third-order valence-electron chi connectivity index (χ3n) is 3.07. The van der Waals surface area contributed by atoms with Crippen LogP contribution in [-0.2, 0) is 11.2 Å². The second-order valence-corrected chi connectivity index (χ2v) is 6.02. The molecule has 0 aliphatic heterocycles. The van der Waals surface area contributed by atoms with E-state index in [-0.39, 0.29) is 11.9 Å². The summed E-state index contributed by atoms with van der Waals surface area (Å²) in [6.07, 6.45) is 3.64. The lowest BCUT2D eigenvalue weighted by Crippen LogP contribution is -2.25. The van der Waals surface area contributed by atoms with E-state index in [0.29, 0.717) is 23.0 Å². The minimum absolute atomic E-state index is 0.183. The van der Waals surface area contributed by atoms with Gasteiger partial charge in [0.15, 0.2) is 5.82 Å². The molecule has 0 spiro atoms. The van der Waals surface area contributed by atoms with Crippen molar-refractivity contribution in [1.29, 1.82) is 0 Å². The van der Waals surface area contributed by atoms with Crippen molar-refractivity contribution in [2.24, 2.45) is 0 Å². The molecule has 0 bridgehead atoms. The number of hydrogen-bond acceptors (Lipinski definition) is 4. The van der Waals surface area contributed by atoms with E-state index in [1.54, 1.807) is 29.0 Å². The average molecular weight is 354 g/mol. The molecule has 0 aliphatic carbocycles. The Morgan fingerprint density at radius 3 is 2.87 bits per heavy atom. The molecule has 0 fully saturated rings. The van der Waals surface area contributed by atoms with Gasteiger partial charge in [0.25, 0.3) is 0 Å². The zero-order valence-electron chi connectivity index (χ0n) is 12.8. The molecule has 1 amide bonds. The summed E-state index contributed by atoms with van der Waals surface area (Å²) in [6, 6.07) is 5.29. The lowest BCUT2D eigenvalue weighted by atomic mass is 10.2. The van der Waals surface area contributed by atoms with Gasteiger partial charge in [-0.3, -0.25) is 4.79 Å². The molecule has 23 heavy (non-hydrogen) atoms. The Balaban J connectivity index is 1.85. The fourth-order valence-electron chi connectivity index (χ4n) is 1.94. The Labute approximate surface area is 144 Å². The van der Waals surface area contributed by atoms with Crippen LogP contribution in [0.4, 0.5) is 0 Å². The maximum atomic E-state index is 11.8. The topological polar surface area (TPSA) is 72.7 Å². The number of benzene rings is 1. The number of carbonyl (C=O) groups excluding carboxylic acids is 1. The highest BCUT2D eigenvalue weighted by atomic mass is 35.5. The predicted octanol–water partition coefficient (Wildman–Crippen LogP) is 2.93. The van der Waals surface area contributed by atoms with Gasteiger partial charge in [-0.2, -0.15) is 0 Å². The van der Waals surface area contributed by atoms with Gasteiger partial charge < -0.3 is 5.32 Å². The van der Waals surface area contributed by atoms with Crippen molar-refractivity contribution in [2.45, 2.75) is 26.3 Å². The van der Waals surface area contributed by atoms with Crippen molar-refractivity contribution < 1.29 is 4.79 Å². The second-order valence-electron chi connectivity index (χ2n) is 5.17. The summed E-state index contributed by atoms with van der Waals surface area (Å²) in [4.78, 5) is 11.8. The standard InChI is InChI=1S/C15H17Cl2N5O/c1-10(2)22-14(19-20-21-22)7-8-18-15(23)6-4-11-3-5-12(16)9-13(11)17/h3-6,9-10H,7-8H2,1-2H3,(H,18,23)/b6-4+. The zero-order chi connectivity index (χ0) is 16.8. The van der Waals surface area contributed by atoms with Gasteiger partial charge in [-0.15, -0.1) is 5.10 Å². The number of nitrogens with zero attached hydrogens (tertiary/aromatic N) is 4. The molecule has 2 aromatic rings. The van der Waals surface area contributed by atoms with E-state index < -0.39 is 0 Å². The Morgan fingerprint density at radius 1 is 1.39 bits per heavy atom. The summed E-state index contributed by atoms with van der Waals surface area (Å²) in [6.45, 7) is 4.44. The number of rotatable bonds is 6. The number of amides is 1. The van der Waals surface area contributed by atoms with E-state index in [0.717, 1.165) is 11.4 Å². The van der Waals surface area contributed by atoms with Crippen LogP contribution in [0, 0.1) is 0 Å².